The van der Waals surface area contributed by atoms with Crippen LogP contribution in [0.3, 0.4) is 0 Å². The Morgan fingerprint density at radius 3 is 2.57 bits per heavy atom. The number of hydrogen-bond acceptors (Lipinski definition) is 4. The fourth-order valence-electron chi connectivity index (χ4n) is 3.68. The van der Waals surface area contributed by atoms with Crippen LogP contribution in [0.1, 0.15) is 53.2 Å². The Bertz CT molecular complexity index is 861. The maximum absolute atomic E-state index is 12.5. The van der Waals surface area contributed by atoms with Crippen LogP contribution in [0.5, 0.6) is 0 Å². The van der Waals surface area contributed by atoms with E-state index in [0.717, 1.165) is 53.6 Å². The van der Waals surface area contributed by atoms with Gasteiger partial charge in [-0.25, -0.2) is 4.98 Å². The molecule has 0 aliphatic heterocycles. The molecule has 6 nitrogen and oxygen atoms in total. The standard InChI is InChI=1S/C22H31N5OS.HI/c1-15-20(29-16(2)26-15)14-25-22(23-3)24-13-17-8-7-11-19(12-17)27-21(28)18-9-5-4-6-10-18;/h7-8,11-12,18H,4-6,9-10,13-14H2,1-3H3,(H,27,28)(H2,23,24,25);1H. The first-order valence-electron chi connectivity index (χ1n) is 10.3. The zero-order valence-corrected chi connectivity index (χ0v) is 21.1. The van der Waals surface area contributed by atoms with Crippen molar-refractivity contribution in [2.45, 2.75) is 59.0 Å². The maximum Gasteiger partial charge on any atom is 0.227 e. The van der Waals surface area contributed by atoms with E-state index in [9.17, 15) is 4.79 Å². The van der Waals surface area contributed by atoms with Crippen LogP contribution in [-0.2, 0) is 17.9 Å². The van der Waals surface area contributed by atoms with Crippen LogP contribution in [0.15, 0.2) is 29.3 Å². The molecule has 0 atom stereocenters. The topological polar surface area (TPSA) is 78.4 Å². The zero-order chi connectivity index (χ0) is 20.6. The number of guanidine groups is 1. The highest BCUT2D eigenvalue weighted by Gasteiger charge is 2.21. The highest BCUT2D eigenvalue weighted by atomic mass is 127. The zero-order valence-electron chi connectivity index (χ0n) is 18.0. The van der Waals surface area contributed by atoms with E-state index in [1.165, 1.54) is 11.3 Å². The normalized spacial score (nSPS) is 14.7. The predicted molar refractivity (Wildman–Crippen MR) is 136 cm³/mol. The Hall–Kier alpha value is -1.68. The lowest BCUT2D eigenvalue weighted by atomic mass is 9.88. The van der Waals surface area contributed by atoms with Gasteiger partial charge in [0.1, 0.15) is 0 Å². The second kappa shape index (κ2) is 12.2. The lowest BCUT2D eigenvalue weighted by Crippen LogP contribution is -2.36. The fourth-order valence-corrected chi connectivity index (χ4v) is 4.55. The van der Waals surface area contributed by atoms with E-state index < -0.39 is 0 Å². The number of hydrogen-bond donors (Lipinski definition) is 3. The molecule has 3 N–H and O–H groups in total. The first-order valence-corrected chi connectivity index (χ1v) is 11.1. The third kappa shape index (κ3) is 7.23. The fraction of sp³-hybridized carbons (Fsp3) is 0.500. The summed E-state index contributed by atoms with van der Waals surface area (Å²) in [5.74, 6) is 1.06. The van der Waals surface area contributed by atoms with Crippen molar-refractivity contribution in [2.75, 3.05) is 12.4 Å². The summed E-state index contributed by atoms with van der Waals surface area (Å²) in [5.41, 5.74) is 3.02. The largest absolute Gasteiger partial charge is 0.352 e. The summed E-state index contributed by atoms with van der Waals surface area (Å²) in [6.45, 7) is 5.39. The molecule has 2 aromatic rings. The molecule has 1 aromatic heterocycles. The molecule has 1 aliphatic rings. The predicted octanol–water partition coefficient (Wildman–Crippen LogP) is 4.76. The Labute approximate surface area is 200 Å². The van der Waals surface area contributed by atoms with Crippen LogP contribution in [-0.4, -0.2) is 23.9 Å². The van der Waals surface area contributed by atoms with Crippen molar-refractivity contribution in [3.05, 3.63) is 45.4 Å². The Kier molecular flexibility index (Phi) is 10.0. The quantitative estimate of drug-likeness (QED) is 0.280. The second-order valence-corrected chi connectivity index (χ2v) is 8.83. The molecule has 0 saturated heterocycles. The van der Waals surface area contributed by atoms with Crippen molar-refractivity contribution < 1.29 is 4.79 Å². The minimum Gasteiger partial charge on any atom is -0.352 e. The molecule has 0 spiro atoms. The van der Waals surface area contributed by atoms with Crippen LogP contribution >= 0.6 is 35.3 Å². The molecule has 1 saturated carbocycles. The van der Waals surface area contributed by atoms with Gasteiger partial charge in [0.2, 0.25) is 5.91 Å². The number of aromatic nitrogens is 1. The third-order valence-corrected chi connectivity index (χ3v) is 6.34. The molecule has 1 fully saturated rings. The molecule has 1 aromatic carbocycles. The monoisotopic (exact) mass is 541 g/mol. The summed E-state index contributed by atoms with van der Waals surface area (Å²) in [7, 11) is 1.76. The lowest BCUT2D eigenvalue weighted by molar-refractivity contribution is -0.120. The first-order chi connectivity index (χ1) is 14.0. The van der Waals surface area contributed by atoms with Crippen LogP contribution < -0.4 is 16.0 Å². The highest BCUT2D eigenvalue weighted by molar-refractivity contribution is 14.0. The summed E-state index contributed by atoms with van der Waals surface area (Å²) >= 11 is 1.70. The highest BCUT2D eigenvalue weighted by Crippen LogP contribution is 2.25. The number of rotatable bonds is 6. The van der Waals surface area contributed by atoms with Gasteiger partial charge in [-0.3, -0.25) is 9.79 Å². The Balaban J connectivity index is 0.00000320. The molecule has 1 amide bonds. The lowest BCUT2D eigenvalue weighted by Gasteiger charge is -2.21. The van der Waals surface area contributed by atoms with Gasteiger partial charge in [-0.1, -0.05) is 31.4 Å². The first kappa shape index (κ1) is 24.6. The van der Waals surface area contributed by atoms with E-state index in [-0.39, 0.29) is 35.8 Å². The van der Waals surface area contributed by atoms with Gasteiger partial charge in [0, 0.05) is 30.1 Å². The van der Waals surface area contributed by atoms with Gasteiger partial charge in [0.15, 0.2) is 5.96 Å². The van der Waals surface area contributed by atoms with Crippen LogP contribution in [0, 0.1) is 19.8 Å². The number of amides is 1. The van der Waals surface area contributed by atoms with Gasteiger partial charge in [-0.05, 0) is 44.4 Å². The summed E-state index contributed by atoms with van der Waals surface area (Å²) in [5, 5.41) is 10.8. The van der Waals surface area contributed by atoms with E-state index >= 15 is 0 Å². The molecule has 0 unspecified atom stereocenters. The minimum absolute atomic E-state index is 0. The molecular weight excluding hydrogens is 509 g/mol. The van der Waals surface area contributed by atoms with Crippen molar-refractivity contribution in [2.24, 2.45) is 10.9 Å². The van der Waals surface area contributed by atoms with Crippen LogP contribution in [0.4, 0.5) is 5.69 Å². The van der Waals surface area contributed by atoms with E-state index in [0.29, 0.717) is 13.1 Å². The number of nitrogens with zero attached hydrogens (tertiary/aromatic N) is 2. The van der Waals surface area contributed by atoms with Crippen LogP contribution in [0.2, 0.25) is 0 Å². The molecule has 164 valence electrons. The smallest absolute Gasteiger partial charge is 0.227 e. The van der Waals surface area contributed by atoms with E-state index in [4.69, 9.17) is 0 Å². The SMILES string of the molecule is CN=C(NCc1cccc(NC(=O)C2CCCCC2)c1)NCc1sc(C)nc1C.I. The summed E-state index contributed by atoms with van der Waals surface area (Å²) < 4.78 is 0. The molecule has 30 heavy (non-hydrogen) atoms. The van der Waals surface area contributed by atoms with Gasteiger partial charge in [-0.15, -0.1) is 35.3 Å². The van der Waals surface area contributed by atoms with Crippen molar-refractivity contribution >= 4 is 52.9 Å². The number of carbonyl (C=O) groups is 1. The van der Waals surface area contributed by atoms with Crippen LogP contribution in [0.25, 0.3) is 0 Å². The second-order valence-electron chi connectivity index (χ2n) is 7.55. The molecule has 8 heteroatoms. The molecule has 3 rings (SSSR count). The number of aryl methyl sites for hydroxylation is 2. The average molecular weight is 542 g/mol. The van der Waals surface area contributed by atoms with Crippen molar-refractivity contribution in [3.8, 4) is 0 Å². The number of carbonyl (C=O) groups excluding carboxylic acids is 1. The molecule has 0 bridgehead atoms. The van der Waals surface area contributed by atoms with Gasteiger partial charge < -0.3 is 16.0 Å². The van der Waals surface area contributed by atoms with Gasteiger partial charge in [-0.2, -0.15) is 0 Å². The van der Waals surface area contributed by atoms with Gasteiger partial charge in [0.25, 0.3) is 0 Å². The number of nitrogens with one attached hydrogen (secondary N) is 3. The number of aliphatic imine (C=N–C) groups is 1. The average Bonchev–Trinajstić information content (AvgIpc) is 3.06. The van der Waals surface area contributed by atoms with Crippen molar-refractivity contribution in [1.29, 1.82) is 0 Å². The van der Waals surface area contributed by atoms with Crippen molar-refractivity contribution in [3.63, 3.8) is 0 Å². The van der Waals surface area contributed by atoms with E-state index in [2.05, 4.69) is 25.9 Å². The number of thiazole rings is 1. The Morgan fingerprint density at radius 2 is 1.90 bits per heavy atom. The third-order valence-electron chi connectivity index (χ3n) is 5.27. The minimum atomic E-state index is 0. The molecular formula is C22H32IN5OS. The number of benzene rings is 1. The van der Waals surface area contributed by atoms with E-state index in [1.807, 2.05) is 38.1 Å². The Morgan fingerprint density at radius 1 is 1.17 bits per heavy atom. The maximum atomic E-state index is 12.5. The molecule has 0 radical (unpaired) electrons. The molecule has 1 aliphatic carbocycles. The summed E-state index contributed by atoms with van der Waals surface area (Å²) in [6.07, 6.45) is 5.59. The number of anilines is 1. The summed E-state index contributed by atoms with van der Waals surface area (Å²) in [6, 6.07) is 8.00. The van der Waals surface area contributed by atoms with Gasteiger partial charge in [0.05, 0.1) is 17.2 Å². The van der Waals surface area contributed by atoms with Crippen molar-refractivity contribution in [1.82, 2.24) is 15.6 Å². The van der Waals surface area contributed by atoms with E-state index in [1.54, 1.807) is 18.4 Å². The summed E-state index contributed by atoms with van der Waals surface area (Å²) in [4.78, 5) is 22.5. The number of halogens is 1. The molecule has 1 heterocycles. The van der Waals surface area contributed by atoms with Gasteiger partial charge >= 0.3 is 0 Å².